The van der Waals surface area contributed by atoms with Crippen LogP contribution in [-0.2, 0) is 15.0 Å². The van der Waals surface area contributed by atoms with E-state index in [1.807, 2.05) is 0 Å². The van der Waals surface area contributed by atoms with Crippen LogP contribution in [0.2, 0.25) is 0 Å². The molecule has 15 heteroatoms. The van der Waals surface area contributed by atoms with Crippen LogP contribution in [0.5, 0.6) is 0 Å². The van der Waals surface area contributed by atoms with E-state index in [4.69, 9.17) is 20.8 Å². The Morgan fingerprint density at radius 2 is 2.16 bits per heavy atom. The Labute approximate surface area is 141 Å². The monoisotopic (exact) mass is 379 g/mol. The van der Waals surface area contributed by atoms with Crippen molar-refractivity contribution in [3.8, 4) is 0 Å². The molecule has 0 aromatic rings. The highest BCUT2D eigenvalue weighted by Crippen LogP contribution is 2.45. The Hall–Kier alpha value is -2.36. The fraction of sp³-hybridized carbons (Fsp3) is 0.700. The van der Waals surface area contributed by atoms with Crippen molar-refractivity contribution >= 4 is 28.3 Å². The third-order valence-electron chi connectivity index (χ3n) is 4.27. The van der Waals surface area contributed by atoms with Gasteiger partial charge in [-0.25, -0.2) is 14.8 Å². The van der Waals surface area contributed by atoms with E-state index in [0.29, 0.717) is 0 Å². The Balaban J connectivity index is 1.85. The number of carbonyl (C=O) groups is 1. The van der Waals surface area contributed by atoms with Crippen molar-refractivity contribution < 1.29 is 32.7 Å². The number of amides is 1. The number of aliphatic hydroxyl groups is 2. The van der Waals surface area contributed by atoms with Gasteiger partial charge in [-0.05, 0) is 0 Å². The normalized spacial score (nSPS) is 32.8. The molecule has 1 fully saturated rings. The average molecular weight is 379 g/mol. The molecule has 3 atom stereocenters. The molecule has 25 heavy (non-hydrogen) atoms. The summed E-state index contributed by atoms with van der Waals surface area (Å²) in [6, 6.07) is -1.86. The average Bonchev–Trinajstić information content (AvgIpc) is 2.93. The van der Waals surface area contributed by atoms with Crippen LogP contribution in [0.3, 0.4) is 0 Å². The summed E-state index contributed by atoms with van der Waals surface area (Å²) < 4.78 is 35.6. The summed E-state index contributed by atoms with van der Waals surface area (Å²) in [6.45, 7) is -0.331. The van der Waals surface area contributed by atoms with Gasteiger partial charge in [0.1, 0.15) is 18.7 Å². The molecule has 3 rings (SSSR count). The van der Waals surface area contributed by atoms with Crippen molar-refractivity contribution in [3.63, 3.8) is 0 Å². The zero-order valence-corrected chi connectivity index (χ0v) is 13.5. The molecule has 3 heterocycles. The van der Waals surface area contributed by atoms with E-state index in [2.05, 4.69) is 15.3 Å². The van der Waals surface area contributed by atoms with Gasteiger partial charge in [0.15, 0.2) is 11.9 Å². The maximum absolute atomic E-state index is 11.4. The second kappa shape index (κ2) is 5.32. The van der Waals surface area contributed by atoms with Crippen molar-refractivity contribution in [3.05, 3.63) is 0 Å². The minimum atomic E-state index is -4.78. The molecule has 1 saturated heterocycles. The number of nitrogens with one attached hydrogen (secondary N) is 2. The molecule has 0 aromatic carbocycles. The number of hydrogen-bond acceptors (Lipinski definition) is 12. The Bertz CT molecular complexity index is 766. The molecule has 0 unspecified atom stereocenters. The first-order chi connectivity index (χ1) is 11.5. The van der Waals surface area contributed by atoms with E-state index in [1.54, 1.807) is 0 Å². The van der Waals surface area contributed by atoms with Gasteiger partial charge in [-0.3, -0.25) is 4.55 Å². The fourth-order valence-corrected chi connectivity index (χ4v) is 3.62. The lowest BCUT2D eigenvalue weighted by Gasteiger charge is -2.47. The van der Waals surface area contributed by atoms with E-state index in [0.717, 1.165) is 0 Å². The second-order valence-corrected chi connectivity index (χ2v) is 6.95. The Kier molecular flexibility index (Phi) is 3.71. The lowest BCUT2D eigenvalue weighted by Crippen LogP contribution is -2.72. The summed E-state index contributed by atoms with van der Waals surface area (Å²) in [5, 5.41) is 23.5. The van der Waals surface area contributed by atoms with Gasteiger partial charge in [0.05, 0.1) is 0 Å². The first kappa shape index (κ1) is 17.5. The quantitative estimate of drug-likeness (QED) is 0.183. The third kappa shape index (κ3) is 2.70. The summed E-state index contributed by atoms with van der Waals surface area (Å²) in [7, 11) is -4.78. The van der Waals surface area contributed by atoms with E-state index < -0.39 is 46.5 Å². The summed E-state index contributed by atoms with van der Waals surface area (Å²) >= 11 is 0. The number of nitrogens with two attached hydrogens (primary N) is 2. The zero-order chi connectivity index (χ0) is 18.6. The van der Waals surface area contributed by atoms with Crippen LogP contribution in [0.25, 0.3) is 0 Å². The van der Waals surface area contributed by atoms with Gasteiger partial charge in [0.25, 0.3) is 0 Å². The van der Waals surface area contributed by atoms with Gasteiger partial charge in [-0.1, -0.05) is 0 Å². The van der Waals surface area contributed by atoms with Crippen LogP contribution in [0.1, 0.15) is 6.42 Å². The Morgan fingerprint density at radius 1 is 1.48 bits per heavy atom. The molecule has 0 bridgehead atoms. The summed E-state index contributed by atoms with van der Waals surface area (Å²) in [4.78, 5) is 21.0. The van der Waals surface area contributed by atoms with E-state index in [1.165, 1.54) is 9.62 Å². The molecule has 0 aromatic heterocycles. The van der Waals surface area contributed by atoms with Crippen LogP contribution in [-0.4, -0.2) is 82.8 Å². The number of hydrogen-bond donors (Lipinski definition) is 7. The lowest BCUT2D eigenvalue weighted by atomic mass is 9.87. The van der Waals surface area contributed by atoms with Crippen molar-refractivity contribution in [2.75, 3.05) is 13.2 Å². The van der Waals surface area contributed by atoms with Crippen molar-refractivity contribution in [2.45, 2.75) is 30.0 Å². The highest BCUT2D eigenvalue weighted by molar-refractivity contribution is 7.84. The van der Waals surface area contributed by atoms with Gasteiger partial charge in [-0.15, -0.1) is 0 Å². The van der Waals surface area contributed by atoms with Gasteiger partial charge >= 0.3 is 16.4 Å². The smallest absolute Gasteiger partial charge is 0.422 e. The van der Waals surface area contributed by atoms with Crippen LogP contribution in [0.4, 0.5) is 4.79 Å². The van der Waals surface area contributed by atoms with Crippen LogP contribution >= 0.6 is 0 Å². The van der Waals surface area contributed by atoms with Gasteiger partial charge < -0.3 is 36.6 Å². The minimum Gasteiger partial charge on any atom is -0.446 e. The zero-order valence-electron chi connectivity index (χ0n) is 12.7. The van der Waals surface area contributed by atoms with E-state index in [9.17, 15) is 23.4 Å². The van der Waals surface area contributed by atoms with Crippen molar-refractivity contribution in [2.24, 2.45) is 21.5 Å². The standard InChI is InChI=1S/C10H17N7O7S/c11-6-14-5-4(3-24-8(18)16-25(21,22)23)13-7(12)17-2-1-9(19,20)10(5,17)15-6/h4-5,19-20H,1-3H2,(H2,12,13)(H,16,18)(H3,11,14,15)(H,21,22,23)/t4-,5-,10-/m0/s1. The van der Waals surface area contributed by atoms with Gasteiger partial charge in [-0.2, -0.15) is 13.1 Å². The molecule has 0 radical (unpaired) electrons. The summed E-state index contributed by atoms with van der Waals surface area (Å²) in [6.07, 6.45) is -1.51. The number of ether oxygens (including phenoxy) is 1. The highest BCUT2D eigenvalue weighted by Gasteiger charge is 2.69. The highest BCUT2D eigenvalue weighted by atomic mass is 32.2. The Morgan fingerprint density at radius 3 is 2.80 bits per heavy atom. The van der Waals surface area contributed by atoms with Gasteiger partial charge in [0, 0.05) is 13.0 Å². The first-order valence-corrected chi connectivity index (χ1v) is 8.50. The molecular weight excluding hydrogens is 362 g/mol. The summed E-state index contributed by atoms with van der Waals surface area (Å²) in [5.74, 6) is -2.42. The van der Waals surface area contributed by atoms with Gasteiger partial charge in [0.2, 0.25) is 11.4 Å². The molecule has 14 nitrogen and oxygen atoms in total. The topological polar surface area (TPSA) is 225 Å². The van der Waals surface area contributed by atoms with Crippen LogP contribution < -0.4 is 21.5 Å². The number of aliphatic imine (C=N–C) groups is 2. The molecule has 0 aliphatic carbocycles. The van der Waals surface area contributed by atoms with Crippen LogP contribution in [0.15, 0.2) is 9.98 Å². The fourth-order valence-electron chi connectivity index (χ4n) is 3.35. The second-order valence-electron chi connectivity index (χ2n) is 5.79. The molecule has 140 valence electrons. The lowest BCUT2D eigenvalue weighted by molar-refractivity contribution is -0.215. The van der Waals surface area contributed by atoms with Crippen molar-refractivity contribution in [1.29, 1.82) is 0 Å². The SMILES string of the molecule is NC1=N[C@@]23[C@@H](N1)[C@H](COC(=O)NS(=O)(=O)O)N=C(N)N2CCC3(O)O. The largest absolute Gasteiger partial charge is 0.446 e. The molecule has 3 aliphatic heterocycles. The van der Waals surface area contributed by atoms with Crippen molar-refractivity contribution in [1.82, 2.24) is 14.9 Å². The predicted octanol–water partition coefficient (Wildman–Crippen LogP) is -4.42. The number of carbonyl (C=O) groups excluding carboxylic acids is 1. The molecule has 9 N–H and O–H groups in total. The molecule has 1 spiro atoms. The first-order valence-electron chi connectivity index (χ1n) is 7.06. The third-order valence-corrected chi connectivity index (χ3v) is 4.69. The maximum atomic E-state index is 11.4. The van der Waals surface area contributed by atoms with E-state index in [-0.39, 0.29) is 24.9 Å². The molecule has 0 saturated carbocycles. The molecule has 3 aliphatic rings. The maximum Gasteiger partial charge on any atom is 0.422 e. The molecule has 1 amide bonds. The number of nitrogens with zero attached hydrogens (tertiary/aromatic N) is 3. The number of guanidine groups is 2. The summed E-state index contributed by atoms with van der Waals surface area (Å²) in [5.41, 5.74) is 9.88. The van der Waals surface area contributed by atoms with Crippen LogP contribution in [0, 0.1) is 0 Å². The van der Waals surface area contributed by atoms with E-state index >= 15 is 0 Å². The number of rotatable bonds is 3. The predicted molar refractivity (Wildman–Crippen MR) is 81.2 cm³/mol. The molecular formula is C10H17N7O7S. The minimum absolute atomic E-state index is 0.0646.